The summed E-state index contributed by atoms with van der Waals surface area (Å²) in [6.45, 7) is 15.3. The highest BCUT2D eigenvalue weighted by molar-refractivity contribution is 6.30. The highest BCUT2D eigenvalue weighted by Crippen LogP contribution is 2.20. The number of Topliss-reactive ketones (excluding diaryl/α,β-unsaturated/α-hetero) is 1. The van der Waals surface area contributed by atoms with Crippen LogP contribution in [0.2, 0.25) is 5.02 Å². The summed E-state index contributed by atoms with van der Waals surface area (Å²) in [6.07, 6.45) is 6.87. The average molecular weight is 524 g/mol. The summed E-state index contributed by atoms with van der Waals surface area (Å²) in [7, 11) is 1.88. The smallest absolute Gasteiger partial charge is 0.219 e. The van der Waals surface area contributed by atoms with Crippen LogP contribution in [-0.4, -0.2) is 35.5 Å². The van der Waals surface area contributed by atoms with Crippen LogP contribution in [0.3, 0.4) is 0 Å². The van der Waals surface area contributed by atoms with Gasteiger partial charge in [0.25, 0.3) is 0 Å². The first kappa shape index (κ1) is 31.8. The summed E-state index contributed by atoms with van der Waals surface area (Å²) in [5.74, 6) is 1.03. The minimum absolute atomic E-state index is 0.0110. The van der Waals surface area contributed by atoms with Gasteiger partial charge >= 0.3 is 0 Å². The second kappa shape index (κ2) is 16.5. The lowest BCUT2D eigenvalue weighted by atomic mass is 10.0. The van der Waals surface area contributed by atoms with Gasteiger partial charge in [-0.1, -0.05) is 70.5 Å². The lowest BCUT2D eigenvalue weighted by molar-refractivity contribution is -0.129. The fourth-order valence-corrected chi connectivity index (χ4v) is 3.79. The summed E-state index contributed by atoms with van der Waals surface area (Å²) in [6, 6.07) is 15.4. The number of carbonyl (C=O) groups excluding carboxylic acids is 2. The molecule has 200 valence electrons. The number of carbonyl (C=O) groups is 2. The van der Waals surface area contributed by atoms with Crippen molar-refractivity contribution in [3.8, 4) is 0 Å². The van der Waals surface area contributed by atoms with Gasteiger partial charge in [-0.25, -0.2) is 4.99 Å². The summed E-state index contributed by atoms with van der Waals surface area (Å²) >= 11 is 5.95. The fourth-order valence-electron chi connectivity index (χ4n) is 3.66. The molecule has 0 saturated carbocycles. The molecule has 37 heavy (non-hydrogen) atoms. The van der Waals surface area contributed by atoms with Crippen molar-refractivity contribution >= 4 is 40.5 Å². The molecule has 0 radical (unpaired) electrons. The maximum atomic E-state index is 12.0. The molecule has 0 aliphatic rings. The van der Waals surface area contributed by atoms with Gasteiger partial charge in [0.2, 0.25) is 5.91 Å². The molecule has 0 fully saturated rings. The zero-order chi connectivity index (χ0) is 28.0. The van der Waals surface area contributed by atoms with E-state index < -0.39 is 0 Å². The third-order valence-electron chi connectivity index (χ3n) is 5.86. The van der Waals surface area contributed by atoms with Gasteiger partial charge in [-0.15, -0.1) is 0 Å². The molecule has 5 nitrogen and oxygen atoms in total. The van der Waals surface area contributed by atoms with E-state index in [1.54, 1.807) is 13.0 Å². The van der Waals surface area contributed by atoms with E-state index in [9.17, 15) is 9.59 Å². The Morgan fingerprint density at radius 3 is 2.05 bits per heavy atom. The first-order valence-corrected chi connectivity index (χ1v) is 13.2. The van der Waals surface area contributed by atoms with Gasteiger partial charge < -0.3 is 10.2 Å². The van der Waals surface area contributed by atoms with Crippen LogP contribution < -0.4 is 5.32 Å². The Hall–Kier alpha value is -3.18. The van der Waals surface area contributed by atoms with Gasteiger partial charge in [0, 0.05) is 47.8 Å². The Morgan fingerprint density at radius 1 is 1.03 bits per heavy atom. The zero-order valence-electron chi connectivity index (χ0n) is 23.3. The van der Waals surface area contributed by atoms with Crippen molar-refractivity contribution in [2.75, 3.05) is 12.4 Å². The number of benzene rings is 2. The molecule has 0 saturated heterocycles. The number of nitrogens with one attached hydrogen (secondary N) is 1. The number of hydrogen-bond acceptors (Lipinski definition) is 3. The van der Waals surface area contributed by atoms with Gasteiger partial charge in [0.05, 0.1) is 5.70 Å². The number of amidine groups is 1. The largest absolute Gasteiger partial charge is 0.344 e. The molecule has 2 rings (SSSR count). The molecule has 0 aliphatic carbocycles. The molecule has 0 bridgehead atoms. The molecule has 1 N–H and O–H groups in total. The van der Waals surface area contributed by atoms with Crippen LogP contribution in [-0.2, 0) is 4.79 Å². The molecule has 0 heterocycles. The van der Waals surface area contributed by atoms with Crippen molar-refractivity contribution in [1.82, 2.24) is 4.90 Å². The molecule has 1 atom stereocenters. The lowest BCUT2D eigenvalue weighted by Crippen LogP contribution is -2.34. The van der Waals surface area contributed by atoms with Gasteiger partial charge in [0.15, 0.2) is 5.78 Å². The molecule has 2 aromatic rings. The lowest BCUT2D eigenvalue weighted by Gasteiger charge is -2.25. The van der Waals surface area contributed by atoms with Crippen molar-refractivity contribution in [2.24, 2.45) is 10.9 Å². The van der Waals surface area contributed by atoms with Crippen molar-refractivity contribution in [3.05, 3.63) is 83.4 Å². The molecule has 0 aliphatic heterocycles. The predicted octanol–water partition coefficient (Wildman–Crippen LogP) is 8.28. The molecular formula is C31H42ClN3O2. The SMILES string of the molecule is C=C/C=C(\N=C(C)Nc1ccc(C(=O)C(C)C)cc1)c1ccc(Cl)cc1.CCCC(CC)N(C)C(C)=O. The van der Waals surface area contributed by atoms with Crippen LogP contribution >= 0.6 is 11.6 Å². The second-order valence-corrected chi connectivity index (χ2v) is 9.63. The number of amides is 1. The quantitative estimate of drug-likeness (QED) is 0.147. The summed E-state index contributed by atoms with van der Waals surface area (Å²) < 4.78 is 0. The Bertz CT molecular complexity index is 1070. The number of aliphatic imine (C=N–C) groups is 1. The van der Waals surface area contributed by atoms with Crippen molar-refractivity contribution in [3.63, 3.8) is 0 Å². The van der Waals surface area contributed by atoms with E-state index in [-0.39, 0.29) is 17.6 Å². The number of ketones is 1. The third-order valence-corrected chi connectivity index (χ3v) is 6.11. The number of rotatable bonds is 10. The fraction of sp³-hybridized carbons (Fsp3) is 0.387. The van der Waals surface area contributed by atoms with Crippen molar-refractivity contribution in [1.29, 1.82) is 0 Å². The van der Waals surface area contributed by atoms with E-state index in [0.717, 1.165) is 42.0 Å². The van der Waals surface area contributed by atoms with Crippen molar-refractivity contribution in [2.45, 2.75) is 66.8 Å². The maximum absolute atomic E-state index is 12.0. The summed E-state index contributed by atoms with van der Waals surface area (Å²) in [4.78, 5) is 29.4. The normalized spacial score (nSPS) is 12.4. The Balaban J connectivity index is 0.000000525. The molecular weight excluding hydrogens is 482 g/mol. The number of halogens is 1. The Labute approximate surface area is 228 Å². The zero-order valence-corrected chi connectivity index (χ0v) is 24.1. The van der Waals surface area contributed by atoms with E-state index in [4.69, 9.17) is 11.6 Å². The van der Waals surface area contributed by atoms with Gasteiger partial charge in [0.1, 0.15) is 5.84 Å². The molecule has 1 unspecified atom stereocenters. The maximum Gasteiger partial charge on any atom is 0.219 e. The summed E-state index contributed by atoms with van der Waals surface area (Å²) in [5, 5.41) is 3.93. The minimum atomic E-state index is -0.0110. The highest BCUT2D eigenvalue weighted by Gasteiger charge is 2.13. The predicted molar refractivity (Wildman–Crippen MR) is 159 cm³/mol. The first-order valence-electron chi connectivity index (χ1n) is 12.8. The number of anilines is 1. The molecule has 6 heteroatoms. The molecule has 2 aromatic carbocycles. The Kier molecular flexibility index (Phi) is 14.2. The second-order valence-electron chi connectivity index (χ2n) is 9.19. The highest BCUT2D eigenvalue weighted by atomic mass is 35.5. The third kappa shape index (κ3) is 11.2. The van der Waals surface area contributed by atoms with Gasteiger partial charge in [-0.05, 0) is 62.2 Å². The summed E-state index contributed by atoms with van der Waals surface area (Å²) in [5.41, 5.74) is 3.33. The minimum Gasteiger partial charge on any atom is -0.344 e. The number of hydrogen-bond donors (Lipinski definition) is 1. The van der Waals surface area contributed by atoms with E-state index >= 15 is 0 Å². The molecule has 0 aromatic heterocycles. The van der Waals surface area contributed by atoms with Gasteiger partial charge in [-0.3, -0.25) is 9.59 Å². The van der Waals surface area contributed by atoms with Crippen LogP contribution in [0.15, 0.2) is 72.3 Å². The van der Waals surface area contributed by atoms with Crippen LogP contribution in [0.4, 0.5) is 5.69 Å². The number of nitrogens with zero attached hydrogens (tertiary/aromatic N) is 2. The molecule has 0 spiro atoms. The average Bonchev–Trinajstić information content (AvgIpc) is 2.87. The molecule has 1 amide bonds. The van der Waals surface area contributed by atoms with E-state index in [0.29, 0.717) is 16.6 Å². The van der Waals surface area contributed by atoms with Crippen LogP contribution in [0.25, 0.3) is 5.70 Å². The monoisotopic (exact) mass is 523 g/mol. The standard InChI is InChI=1S/C22H23ClN2O.C9H19NO/c1-5-6-21(17-7-11-19(23)12-8-17)25-16(4)24-20-13-9-18(10-14-20)22(26)15(2)3;1-5-7-9(6-2)10(4)8(3)11/h5-15H,1H2,2-4H3,(H,24,25);9H,5-7H2,1-4H3/b21-6-;. The van der Waals surface area contributed by atoms with Crippen LogP contribution in [0.5, 0.6) is 0 Å². The van der Waals surface area contributed by atoms with Crippen LogP contribution in [0, 0.1) is 5.92 Å². The van der Waals surface area contributed by atoms with E-state index in [1.165, 1.54) is 0 Å². The first-order chi connectivity index (χ1) is 17.5. The van der Waals surface area contributed by atoms with Gasteiger partial charge in [-0.2, -0.15) is 0 Å². The topological polar surface area (TPSA) is 61.8 Å². The van der Waals surface area contributed by atoms with Crippen LogP contribution in [0.1, 0.15) is 76.7 Å². The number of allylic oxidation sites excluding steroid dienone is 2. The van der Waals surface area contributed by atoms with E-state index in [2.05, 4.69) is 30.7 Å². The Morgan fingerprint density at radius 2 is 1.59 bits per heavy atom. The van der Waals surface area contributed by atoms with Crippen molar-refractivity contribution < 1.29 is 9.59 Å². The van der Waals surface area contributed by atoms with E-state index in [1.807, 2.05) is 87.3 Å².